The highest BCUT2D eigenvalue weighted by molar-refractivity contribution is 5.46. The number of rotatable bonds is 6. The first kappa shape index (κ1) is 14.6. The van der Waals surface area contributed by atoms with E-state index in [1.54, 1.807) is 19.1 Å². The topological polar surface area (TPSA) is 57.4 Å². The van der Waals surface area contributed by atoms with Crippen molar-refractivity contribution in [2.24, 2.45) is 0 Å². The number of aromatic nitrogens is 1. The van der Waals surface area contributed by atoms with Gasteiger partial charge in [-0.15, -0.1) is 0 Å². The number of pyridine rings is 1. The molecule has 2 N–H and O–H groups in total. The number of alkyl halides is 3. The molecule has 1 aromatic rings. The van der Waals surface area contributed by atoms with E-state index in [0.29, 0.717) is 12.2 Å². The smallest absolute Gasteiger partial charge is 0.411 e. The minimum absolute atomic E-state index is 0.0152. The lowest BCUT2D eigenvalue weighted by atomic mass is 10.3. The summed E-state index contributed by atoms with van der Waals surface area (Å²) in [7, 11) is 0. The zero-order valence-corrected chi connectivity index (χ0v) is 9.96. The van der Waals surface area contributed by atoms with Gasteiger partial charge in [-0.3, -0.25) is 0 Å². The highest BCUT2D eigenvalue weighted by Gasteiger charge is 2.27. The second kappa shape index (κ2) is 6.44. The molecule has 1 rings (SSSR count). The van der Waals surface area contributed by atoms with Crippen LogP contribution in [-0.4, -0.2) is 31.0 Å². The van der Waals surface area contributed by atoms with Gasteiger partial charge in [-0.05, 0) is 19.1 Å². The molecule has 7 heteroatoms. The van der Waals surface area contributed by atoms with E-state index in [2.05, 4.69) is 9.72 Å². The maximum absolute atomic E-state index is 11.7. The van der Waals surface area contributed by atoms with Crippen LogP contribution in [0, 0.1) is 6.92 Å². The van der Waals surface area contributed by atoms with Crippen LogP contribution < -0.4 is 10.5 Å². The third-order valence-electron chi connectivity index (χ3n) is 1.98. The second-order valence-electron chi connectivity index (χ2n) is 3.71. The zero-order valence-electron chi connectivity index (χ0n) is 9.96. The molecule has 0 radical (unpaired) electrons. The van der Waals surface area contributed by atoms with Crippen molar-refractivity contribution < 1.29 is 22.6 Å². The third kappa shape index (κ3) is 5.72. The first-order chi connectivity index (χ1) is 8.38. The summed E-state index contributed by atoms with van der Waals surface area (Å²) in [5, 5.41) is 0. The van der Waals surface area contributed by atoms with E-state index in [0.717, 1.165) is 5.69 Å². The van der Waals surface area contributed by atoms with E-state index in [4.69, 9.17) is 10.5 Å². The van der Waals surface area contributed by atoms with Crippen LogP contribution in [0.3, 0.4) is 0 Å². The molecule has 0 spiro atoms. The molecular formula is C11H15F3N2O2. The molecule has 0 saturated carbocycles. The van der Waals surface area contributed by atoms with Crippen molar-refractivity contribution in [3.8, 4) is 5.75 Å². The lowest BCUT2D eigenvalue weighted by molar-refractivity contribution is -0.174. The molecule has 1 aromatic heterocycles. The Labute approximate surface area is 103 Å². The van der Waals surface area contributed by atoms with Gasteiger partial charge in [-0.2, -0.15) is 13.2 Å². The third-order valence-corrected chi connectivity index (χ3v) is 1.98. The number of halogens is 3. The summed E-state index contributed by atoms with van der Waals surface area (Å²) in [6.45, 7) is 0.776. The summed E-state index contributed by atoms with van der Waals surface area (Å²) >= 11 is 0. The number of anilines is 1. The van der Waals surface area contributed by atoms with Crippen LogP contribution in [0.2, 0.25) is 0 Å². The summed E-state index contributed by atoms with van der Waals surface area (Å²) in [5.74, 6) is 0.697. The maximum Gasteiger partial charge on any atom is 0.411 e. The molecule has 0 saturated heterocycles. The van der Waals surface area contributed by atoms with Crippen LogP contribution in [0.4, 0.5) is 19.0 Å². The van der Waals surface area contributed by atoms with Gasteiger partial charge in [-0.25, -0.2) is 4.98 Å². The molecule has 0 aliphatic rings. The first-order valence-corrected chi connectivity index (χ1v) is 5.39. The Morgan fingerprint density at radius 1 is 1.28 bits per heavy atom. The summed E-state index contributed by atoms with van der Waals surface area (Å²) in [6.07, 6.45) is -3.93. The number of nitrogens with zero attached hydrogens (tertiary/aromatic N) is 1. The molecule has 0 fully saturated rings. The number of nitrogens with two attached hydrogens (primary N) is 1. The molecule has 0 aliphatic heterocycles. The van der Waals surface area contributed by atoms with Crippen molar-refractivity contribution >= 4 is 5.82 Å². The Bertz CT molecular complexity index is 383. The van der Waals surface area contributed by atoms with Gasteiger partial charge in [0.25, 0.3) is 0 Å². The van der Waals surface area contributed by atoms with Gasteiger partial charge >= 0.3 is 6.18 Å². The van der Waals surface area contributed by atoms with Crippen LogP contribution in [0.1, 0.15) is 12.1 Å². The van der Waals surface area contributed by atoms with Crippen molar-refractivity contribution in [2.75, 3.05) is 25.6 Å². The van der Waals surface area contributed by atoms with Crippen molar-refractivity contribution in [3.63, 3.8) is 0 Å². The molecule has 0 aromatic carbocycles. The SMILES string of the molecule is Cc1ccc(OCCCOCC(F)(F)F)c(N)n1. The zero-order chi connectivity index (χ0) is 13.6. The number of hydrogen-bond acceptors (Lipinski definition) is 4. The largest absolute Gasteiger partial charge is 0.490 e. The highest BCUT2D eigenvalue weighted by atomic mass is 19.4. The summed E-state index contributed by atoms with van der Waals surface area (Å²) in [6, 6.07) is 3.42. The minimum atomic E-state index is -4.29. The summed E-state index contributed by atoms with van der Waals surface area (Å²) in [4.78, 5) is 3.99. The standard InChI is InChI=1S/C11H15F3N2O2/c1-8-3-4-9(10(15)16-8)18-6-2-5-17-7-11(12,13)14/h3-4H,2,5-7H2,1H3,(H2,15,16). The van der Waals surface area contributed by atoms with E-state index < -0.39 is 12.8 Å². The molecule has 4 nitrogen and oxygen atoms in total. The molecule has 0 aliphatic carbocycles. The van der Waals surface area contributed by atoms with Gasteiger partial charge in [0, 0.05) is 12.1 Å². The fourth-order valence-electron chi connectivity index (χ4n) is 1.22. The van der Waals surface area contributed by atoms with Crippen molar-refractivity contribution in [3.05, 3.63) is 17.8 Å². The van der Waals surface area contributed by atoms with Gasteiger partial charge in [0.15, 0.2) is 11.6 Å². The van der Waals surface area contributed by atoms with Gasteiger partial charge in [-0.1, -0.05) is 0 Å². The summed E-state index contributed by atoms with van der Waals surface area (Å²) < 4.78 is 44.9. The number of ether oxygens (including phenoxy) is 2. The van der Waals surface area contributed by atoms with Crippen molar-refractivity contribution in [2.45, 2.75) is 19.5 Å². The van der Waals surface area contributed by atoms with Crippen molar-refractivity contribution in [1.82, 2.24) is 4.98 Å². The average Bonchev–Trinajstić information content (AvgIpc) is 2.24. The average molecular weight is 264 g/mol. The van der Waals surface area contributed by atoms with E-state index in [9.17, 15) is 13.2 Å². The molecule has 0 atom stereocenters. The Kier molecular flexibility index (Phi) is 5.21. The molecule has 0 bridgehead atoms. The molecule has 18 heavy (non-hydrogen) atoms. The van der Waals surface area contributed by atoms with Crippen LogP contribution in [0.15, 0.2) is 12.1 Å². The molecule has 0 unspecified atom stereocenters. The van der Waals surface area contributed by atoms with E-state index >= 15 is 0 Å². The van der Waals surface area contributed by atoms with Crippen LogP contribution in [0.5, 0.6) is 5.75 Å². The fraction of sp³-hybridized carbons (Fsp3) is 0.545. The lowest BCUT2D eigenvalue weighted by Crippen LogP contribution is -2.18. The van der Waals surface area contributed by atoms with Gasteiger partial charge in [0.2, 0.25) is 0 Å². The number of hydrogen-bond donors (Lipinski definition) is 1. The summed E-state index contributed by atoms with van der Waals surface area (Å²) in [5.41, 5.74) is 6.37. The highest BCUT2D eigenvalue weighted by Crippen LogP contribution is 2.19. The molecule has 0 amide bonds. The predicted molar refractivity (Wildman–Crippen MR) is 60.4 cm³/mol. The normalized spacial score (nSPS) is 11.6. The Hall–Kier alpha value is -1.50. The van der Waals surface area contributed by atoms with Crippen LogP contribution in [0.25, 0.3) is 0 Å². The monoisotopic (exact) mass is 264 g/mol. The number of aryl methyl sites for hydroxylation is 1. The Morgan fingerprint density at radius 2 is 2.00 bits per heavy atom. The quantitative estimate of drug-likeness (QED) is 0.801. The first-order valence-electron chi connectivity index (χ1n) is 5.39. The maximum atomic E-state index is 11.7. The molecule has 102 valence electrons. The van der Waals surface area contributed by atoms with Crippen LogP contribution in [-0.2, 0) is 4.74 Å². The molecular weight excluding hydrogens is 249 g/mol. The van der Waals surface area contributed by atoms with Gasteiger partial charge in [0.05, 0.1) is 13.2 Å². The predicted octanol–water partition coefficient (Wildman–Crippen LogP) is 2.32. The Balaban J connectivity index is 2.18. The van der Waals surface area contributed by atoms with E-state index in [-0.39, 0.29) is 19.0 Å². The van der Waals surface area contributed by atoms with E-state index in [1.807, 2.05) is 0 Å². The van der Waals surface area contributed by atoms with Crippen molar-refractivity contribution in [1.29, 1.82) is 0 Å². The van der Waals surface area contributed by atoms with E-state index in [1.165, 1.54) is 0 Å². The van der Waals surface area contributed by atoms with Gasteiger partial charge < -0.3 is 15.2 Å². The molecule has 1 heterocycles. The lowest BCUT2D eigenvalue weighted by Gasteiger charge is -2.09. The fourth-order valence-corrected chi connectivity index (χ4v) is 1.22. The minimum Gasteiger partial charge on any atom is -0.490 e. The number of nitrogen functional groups attached to an aromatic ring is 1. The second-order valence-corrected chi connectivity index (χ2v) is 3.71. The van der Waals surface area contributed by atoms with Crippen LogP contribution >= 0.6 is 0 Å². The van der Waals surface area contributed by atoms with Gasteiger partial charge in [0.1, 0.15) is 6.61 Å². The Morgan fingerprint density at radius 3 is 2.61 bits per heavy atom.